The average Bonchev–Trinajstić information content (AvgIpc) is 2.79. The molecule has 1 amide bonds. The highest BCUT2D eigenvalue weighted by Gasteiger charge is 2.37. The molecule has 0 atom stereocenters. The number of carbonyl (C=O) groups excluding carboxylic acids is 1. The first-order valence-electron chi connectivity index (χ1n) is 6.76. The first-order valence-corrected chi connectivity index (χ1v) is 6.76. The lowest BCUT2D eigenvalue weighted by atomic mass is 9.92. The van der Waals surface area contributed by atoms with Crippen LogP contribution in [0.4, 0.5) is 0 Å². The monoisotopic (exact) mass is 277 g/mol. The lowest BCUT2D eigenvalue weighted by Crippen LogP contribution is -2.47. The van der Waals surface area contributed by atoms with Gasteiger partial charge in [-0.05, 0) is 37.5 Å². The second-order valence-electron chi connectivity index (χ2n) is 5.51. The number of aliphatic carboxylic acids is 1. The Kier molecular flexibility index (Phi) is 3.97. The number of benzene rings is 1. The van der Waals surface area contributed by atoms with Crippen LogP contribution in [-0.2, 0) is 4.79 Å². The number of carboxylic acid groups (broad SMARTS) is 1. The summed E-state index contributed by atoms with van der Waals surface area (Å²) in [4.78, 5) is 23.2. The number of nitrogens with one attached hydrogen (secondary N) is 1. The van der Waals surface area contributed by atoms with Crippen molar-refractivity contribution in [2.75, 3.05) is 0 Å². The number of aromatic hydroxyl groups is 1. The molecule has 0 heterocycles. The van der Waals surface area contributed by atoms with Crippen LogP contribution in [0.3, 0.4) is 0 Å². The van der Waals surface area contributed by atoms with Gasteiger partial charge >= 0.3 is 5.97 Å². The molecular weight excluding hydrogens is 258 g/mol. The largest absolute Gasteiger partial charge is 0.508 e. The number of amides is 1. The Morgan fingerprint density at radius 1 is 1.30 bits per heavy atom. The number of carbonyl (C=O) groups is 2. The standard InChI is InChI=1S/C15H19NO4/c1-10-4-5-11(8-12(10)17)14(20)16-15(9-13(18)19)6-2-3-7-15/h4-5,8,17H,2-3,6-7,9H2,1H3,(H,16,20)(H,18,19). The Morgan fingerprint density at radius 2 is 1.95 bits per heavy atom. The maximum absolute atomic E-state index is 12.2. The molecule has 0 saturated heterocycles. The fourth-order valence-corrected chi connectivity index (χ4v) is 2.75. The Morgan fingerprint density at radius 3 is 2.50 bits per heavy atom. The van der Waals surface area contributed by atoms with E-state index in [4.69, 9.17) is 5.11 Å². The maximum atomic E-state index is 12.2. The molecule has 0 aliphatic heterocycles. The Labute approximate surface area is 117 Å². The van der Waals surface area contributed by atoms with Crippen molar-refractivity contribution >= 4 is 11.9 Å². The lowest BCUT2D eigenvalue weighted by molar-refractivity contribution is -0.138. The van der Waals surface area contributed by atoms with Crippen LogP contribution in [0.5, 0.6) is 5.75 Å². The van der Waals surface area contributed by atoms with E-state index in [1.807, 2.05) is 0 Å². The normalized spacial score (nSPS) is 16.9. The summed E-state index contributed by atoms with van der Waals surface area (Å²) in [7, 11) is 0. The topological polar surface area (TPSA) is 86.6 Å². The first-order chi connectivity index (χ1) is 9.42. The van der Waals surface area contributed by atoms with Gasteiger partial charge in [0, 0.05) is 5.56 Å². The average molecular weight is 277 g/mol. The van der Waals surface area contributed by atoms with Gasteiger partial charge < -0.3 is 15.5 Å². The molecular formula is C15H19NO4. The summed E-state index contributed by atoms with van der Waals surface area (Å²) in [6, 6.07) is 4.71. The summed E-state index contributed by atoms with van der Waals surface area (Å²) >= 11 is 0. The lowest BCUT2D eigenvalue weighted by Gasteiger charge is -2.28. The number of hydrogen-bond donors (Lipinski definition) is 3. The SMILES string of the molecule is Cc1ccc(C(=O)NC2(CC(=O)O)CCCC2)cc1O. The van der Waals surface area contributed by atoms with Crippen molar-refractivity contribution in [3.8, 4) is 5.75 Å². The zero-order chi connectivity index (χ0) is 14.8. The molecule has 0 bridgehead atoms. The van der Waals surface area contributed by atoms with Crippen molar-refractivity contribution in [1.29, 1.82) is 0 Å². The van der Waals surface area contributed by atoms with Crippen LogP contribution in [-0.4, -0.2) is 27.6 Å². The molecule has 1 aromatic rings. The van der Waals surface area contributed by atoms with Crippen molar-refractivity contribution in [3.05, 3.63) is 29.3 Å². The van der Waals surface area contributed by atoms with E-state index in [0.717, 1.165) is 12.8 Å². The van der Waals surface area contributed by atoms with Crippen LogP contribution in [0.15, 0.2) is 18.2 Å². The highest BCUT2D eigenvalue weighted by molar-refractivity contribution is 5.95. The van der Waals surface area contributed by atoms with Crippen LogP contribution >= 0.6 is 0 Å². The van der Waals surface area contributed by atoms with Crippen molar-refractivity contribution in [2.45, 2.75) is 44.6 Å². The predicted molar refractivity (Wildman–Crippen MR) is 73.8 cm³/mol. The fourth-order valence-electron chi connectivity index (χ4n) is 2.75. The van der Waals surface area contributed by atoms with Gasteiger partial charge in [0.2, 0.25) is 0 Å². The summed E-state index contributed by atoms with van der Waals surface area (Å²) in [6.07, 6.45) is 3.15. The van der Waals surface area contributed by atoms with Gasteiger partial charge in [-0.1, -0.05) is 18.9 Å². The third-order valence-corrected chi connectivity index (χ3v) is 3.90. The number of carboxylic acids is 1. The summed E-state index contributed by atoms with van der Waals surface area (Å²) in [5, 5.41) is 21.5. The number of aryl methyl sites for hydroxylation is 1. The van der Waals surface area contributed by atoms with Crippen molar-refractivity contribution in [1.82, 2.24) is 5.32 Å². The van der Waals surface area contributed by atoms with Gasteiger partial charge in [0.25, 0.3) is 5.91 Å². The van der Waals surface area contributed by atoms with E-state index < -0.39 is 11.5 Å². The number of phenolic OH excluding ortho intramolecular Hbond substituents is 1. The number of phenols is 1. The molecule has 1 fully saturated rings. The third-order valence-electron chi connectivity index (χ3n) is 3.90. The van der Waals surface area contributed by atoms with E-state index in [2.05, 4.69) is 5.32 Å². The molecule has 0 aromatic heterocycles. The molecule has 108 valence electrons. The van der Waals surface area contributed by atoms with E-state index in [0.29, 0.717) is 24.0 Å². The minimum Gasteiger partial charge on any atom is -0.508 e. The molecule has 0 unspecified atom stereocenters. The van der Waals surface area contributed by atoms with Gasteiger partial charge in [-0.25, -0.2) is 0 Å². The van der Waals surface area contributed by atoms with Crippen molar-refractivity contribution in [2.24, 2.45) is 0 Å². The highest BCUT2D eigenvalue weighted by Crippen LogP contribution is 2.33. The quantitative estimate of drug-likeness (QED) is 0.787. The van der Waals surface area contributed by atoms with Crippen LogP contribution < -0.4 is 5.32 Å². The predicted octanol–water partition coefficient (Wildman–Crippen LogP) is 2.22. The molecule has 0 spiro atoms. The minimum atomic E-state index is -0.904. The molecule has 3 N–H and O–H groups in total. The van der Waals surface area contributed by atoms with Gasteiger partial charge in [0.05, 0.1) is 12.0 Å². The van der Waals surface area contributed by atoms with E-state index in [1.54, 1.807) is 19.1 Å². The number of hydrogen-bond acceptors (Lipinski definition) is 3. The van der Waals surface area contributed by atoms with Crippen molar-refractivity contribution < 1.29 is 19.8 Å². The zero-order valence-corrected chi connectivity index (χ0v) is 11.5. The molecule has 0 radical (unpaired) electrons. The number of rotatable bonds is 4. The Balaban J connectivity index is 2.16. The van der Waals surface area contributed by atoms with Crippen LogP contribution in [0.2, 0.25) is 0 Å². The third kappa shape index (κ3) is 3.10. The van der Waals surface area contributed by atoms with Crippen molar-refractivity contribution in [3.63, 3.8) is 0 Å². The summed E-state index contributed by atoms with van der Waals surface area (Å²) < 4.78 is 0. The van der Waals surface area contributed by atoms with Crippen LogP contribution in [0.1, 0.15) is 48.0 Å². The maximum Gasteiger partial charge on any atom is 0.305 e. The second kappa shape index (κ2) is 5.53. The molecule has 2 rings (SSSR count). The summed E-state index contributed by atoms with van der Waals surface area (Å²) in [5.41, 5.74) is 0.399. The zero-order valence-electron chi connectivity index (χ0n) is 11.5. The smallest absolute Gasteiger partial charge is 0.305 e. The first kappa shape index (κ1) is 14.4. The summed E-state index contributed by atoms with van der Waals surface area (Å²) in [5.74, 6) is -1.17. The molecule has 1 aliphatic carbocycles. The van der Waals surface area contributed by atoms with E-state index in [1.165, 1.54) is 6.07 Å². The molecule has 1 saturated carbocycles. The van der Waals surface area contributed by atoms with E-state index in [9.17, 15) is 14.7 Å². The van der Waals surface area contributed by atoms with Gasteiger partial charge in [-0.2, -0.15) is 0 Å². The minimum absolute atomic E-state index is 0.0589. The highest BCUT2D eigenvalue weighted by atomic mass is 16.4. The Hall–Kier alpha value is -2.04. The van der Waals surface area contributed by atoms with E-state index >= 15 is 0 Å². The van der Waals surface area contributed by atoms with E-state index in [-0.39, 0.29) is 18.1 Å². The Bertz CT molecular complexity index is 533. The molecule has 1 aliphatic rings. The van der Waals surface area contributed by atoms with Crippen LogP contribution in [0.25, 0.3) is 0 Å². The van der Waals surface area contributed by atoms with Gasteiger partial charge in [-0.3, -0.25) is 9.59 Å². The molecule has 20 heavy (non-hydrogen) atoms. The van der Waals surface area contributed by atoms with Gasteiger partial charge in [-0.15, -0.1) is 0 Å². The van der Waals surface area contributed by atoms with Gasteiger partial charge in [0.1, 0.15) is 5.75 Å². The summed E-state index contributed by atoms with van der Waals surface area (Å²) in [6.45, 7) is 1.75. The second-order valence-corrected chi connectivity index (χ2v) is 5.51. The molecule has 1 aromatic carbocycles. The van der Waals surface area contributed by atoms with Gasteiger partial charge in [0.15, 0.2) is 0 Å². The molecule has 5 heteroatoms. The van der Waals surface area contributed by atoms with Crippen LogP contribution in [0, 0.1) is 6.92 Å². The molecule has 5 nitrogen and oxygen atoms in total. The fraction of sp³-hybridized carbons (Fsp3) is 0.467.